The molecule has 33 heavy (non-hydrogen) atoms. The van der Waals surface area contributed by atoms with Gasteiger partial charge in [-0.1, -0.05) is 38.1 Å². The lowest BCUT2D eigenvalue weighted by molar-refractivity contribution is -0.0556. The molecule has 0 bridgehead atoms. The van der Waals surface area contributed by atoms with Crippen LogP contribution in [0.2, 0.25) is 0 Å². The molecule has 6 nitrogen and oxygen atoms in total. The van der Waals surface area contributed by atoms with Crippen molar-refractivity contribution in [2.24, 2.45) is 0 Å². The molecule has 176 valence electrons. The zero-order valence-corrected chi connectivity index (χ0v) is 19.8. The Morgan fingerprint density at radius 1 is 1.00 bits per heavy atom. The largest absolute Gasteiger partial charge is 0.508 e. The van der Waals surface area contributed by atoms with Crippen LogP contribution in [0.3, 0.4) is 0 Å². The standard InChI is InChI=1S/C27H34N2O4/c1-4-29-17-23(26(33-29)22-15-21(18(2)3)24(30)16-25(22)31)19-5-7-20(8-6-19)27(9-10-27)28-11-13-32-14-12-28/h5-8,15-16,18,30-31H,4,9-14,17H2,1-3H3. The van der Waals surface area contributed by atoms with Crippen molar-refractivity contribution >= 4 is 11.3 Å². The smallest absolute Gasteiger partial charge is 0.163 e. The summed E-state index contributed by atoms with van der Waals surface area (Å²) >= 11 is 0. The normalized spacial score (nSPS) is 21.0. The fourth-order valence-electron chi connectivity index (χ4n) is 5.19. The van der Waals surface area contributed by atoms with Crippen molar-refractivity contribution in [2.75, 3.05) is 39.4 Å². The minimum Gasteiger partial charge on any atom is -0.508 e. The van der Waals surface area contributed by atoms with Gasteiger partial charge in [-0.3, -0.25) is 4.90 Å². The molecule has 2 aromatic rings. The minimum absolute atomic E-state index is 0.0308. The van der Waals surface area contributed by atoms with Crippen molar-refractivity contribution in [3.63, 3.8) is 0 Å². The summed E-state index contributed by atoms with van der Waals surface area (Å²) in [5.41, 5.74) is 5.11. The SMILES string of the molecule is CCN1CC(c2ccc(C3(N4CCOCC4)CC3)cc2)=C(c2cc(C(C)C)c(O)cc2O)O1. The molecule has 2 aliphatic heterocycles. The van der Waals surface area contributed by atoms with Gasteiger partial charge in [-0.15, -0.1) is 5.06 Å². The lowest BCUT2D eigenvalue weighted by Crippen LogP contribution is -2.43. The molecule has 0 aromatic heterocycles. The van der Waals surface area contributed by atoms with Gasteiger partial charge in [0.05, 0.1) is 25.3 Å². The van der Waals surface area contributed by atoms with Crippen molar-refractivity contribution in [2.45, 2.75) is 45.1 Å². The van der Waals surface area contributed by atoms with Gasteiger partial charge in [-0.2, -0.15) is 0 Å². The van der Waals surface area contributed by atoms with E-state index in [1.54, 1.807) is 0 Å². The van der Waals surface area contributed by atoms with Crippen LogP contribution < -0.4 is 0 Å². The van der Waals surface area contributed by atoms with Gasteiger partial charge in [0.1, 0.15) is 11.5 Å². The zero-order valence-electron chi connectivity index (χ0n) is 19.8. The van der Waals surface area contributed by atoms with Crippen LogP contribution in [-0.2, 0) is 15.1 Å². The Hall–Kier alpha value is -2.54. The first-order valence-electron chi connectivity index (χ1n) is 12.1. The van der Waals surface area contributed by atoms with Crippen molar-refractivity contribution in [3.8, 4) is 11.5 Å². The van der Waals surface area contributed by atoms with Crippen LogP contribution in [0.5, 0.6) is 11.5 Å². The summed E-state index contributed by atoms with van der Waals surface area (Å²) in [6, 6.07) is 12.2. The Balaban J connectivity index is 1.50. The number of hydrogen-bond acceptors (Lipinski definition) is 6. The van der Waals surface area contributed by atoms with Gasteiger partial charge in [0.25, 0.3) is 0 Å². The van der Waals surface area contributed by atoms with Crippen LogP contribution in [0, 0.1) is 0 Å². The van der Waals surface area contributed by atoms with Crippen LogP contribution in [0.1, 0.15) is 61.8 Å². The number of ether oxygens (including phenoxy) is 1. The first-order valence-corrected chi connectivity index (χ1v) is 12.1. The highest BCUT2D eigenvalue weighted by Crippen LogP contribution is 2.51. The van der Waals surface area contributed by atoms with E-state index in [9.17, 15) is 10.2 Å². The number of phenols is 2. The van der Waals surface area contributed by atoms with E-state index in [1.807, 2.05) is 25.0 Å². The maximum absolute atomic E-state index is 10.7. The van der Waals surface area contributed by atoms with Gasteiger partial charge in [0, 0.05) is 36.8 Å². The van der Waals surface area contributed by atoms with Crippen LogP contribution in [0.4, 0.5) is 0 Å². The number of hydrogen-bond donors (Lipinski definition) is 2. The fourth-order valence-corrected chi connectivity index (χ4v) is 5.19. The monoisotopic (exact) mass is 450 g/mol. The lowest BCUT2D eigenvalue weighted by atomic mass is 9.94. The number of morpholine rings is 1. The van der Waals surface area contributed by atoms with E-state index in [2.05, 4.69) is 36.1 Å². The van der Waals surface area contributed by atoms with Crippen LogP contribution in [0.25, 0.3) is 11.3 Å². The molecule has 0 radical (unpaired) electrons. The number of rotatable bonds is 6. The molecule has 0 amide bonds. The third kappa shape index (κ3) is 4.01. The number of benzene rings is 2. The summed E-state index contributed by atoms with van der Waals surface area (Å²) in [7, 11) is 0. The maximum Gasteiger partial charge on any atom is 0.163 e. The lowest BCUT2D eigenvalue weighted by Gasteiger charge is -2.35. The molecule has 0 spiro atoms. The predicted molar refractivity (Wildman–Crippen MR) is 129 cm³/mol. The van der Waals surface area contributed by atoms with E-state index in [4.69, 9.17) is 9.57 Å². The van der Waals surface area contributed by atoms with E-state index in [-0.39, 0.29) is 23.0 Å². The zero-order chi connectivity index (χ0) is 23.2. The van der Waals surface area contributed by atoms with Crippen LogP contribution in [0.15, 0.2) is 36.4 Å². The predicted octanol–water partition coefficient (Wildman–Crippen LogP) is 4.68. The fraction of sp³-hybridized carbons (Fsp3) is 0.481. The summed E-state index contributed by atoms with van der Waals surface area (Å²) < 4.78 is 5.56. The van der Waals surface area contributed by atoms with Gasteiger partial charge in [0.15, 0.2) is 5.76 Å². The molecule has 1 aliphatic carbocycles. The summed E-state index contributed by atoms with van der Waals surface area (Å²) in [5.74, 6) is 0.939. The molecule has 0 atom stereocenters. The Kier molecular flexibility index (Phi) is 5.85. The highest BCUT2D eigenvalue weighted by atomic mass is 16.7. The van der Waals surface area contributed by atoms with Crippen molar-refractivity contribution in [3.05, 3.63) is 58.7 Å². The summed E-state index contributed by atoms with van der Waals surface area (Å²) in [4.78, 5) is 8.75. The van der Waals surface area contributed by atoms with Gasteiger partial charge in [0.2, 0.25) is 0 Å². The van der Waals surface area contributed by atoms with Crippen molar-refractivity contribution in [1.29, 1.82) is 0 Å². The number of nitrogens with zero attached hydrogens (tertiary/aromatic N) is 2. The highest BCUT2D eigenvalue weighted by molar-refractivity contribution is 5.91. The average molecular weight is 451 g/mol. The van der Waals surface area contributed by atoms with Crippen LogP contribution in [-0.4, -0.2) is 59.6 Å². The van der Waals surface area contributed by atoms with Crippen LogP contribution >= 0.6 is 0 Å². The van der Waals surface area contributed by atoms with E-state index in [1.165, 1.54) is 24.5 Å². The molecule has 2 N–H and O–H groups in total. The molecule has 0 unspecified atom stereocenters. The Labute approximate surface area is 196 Å². The van der Waals surface area contributed by atoms with E-state index >= 15 is 0 Å². The third-order valence-corrected chi connectivity index (χ3v) is 7.30. The summed E-state index contributed by atoms with van der Waals surface area (Å²) in [5, 5.41) is 22.9. The Morgan fingerprint density at radius 3 is 2.30 bits per heavy atom. The van der Waals surface area contributed by atoms with E-state index in [0.717, 1.165) is 49.5 Å². The van der Waals surface area contributed by atoms with Gasteiger partial charge in [-0.05, 0) is 48.4 Å². The number of likely N-dealkylation sites (N-methyl/N-ethyl adjacent to an activating group) is 1. The first-order chi connectivity index (χ1) is 15.9. The first kappa shape index (κ1) is 22.3. The Bertz CT molecular complexity index is 1050. The number of aromatic hydroxyl groups is 2. The van der Waals surface area contributed by atoms with Crippen molar-refractivity contribution in [1.82, 2.24) is 9.96 Å². The molecule has 6 heteroatoms. The van der Waals surface area contributed by atoms with E-state index < -0.39 is 0 Å². The third-order valence-electron chi connectivity index (χ3n) is 7.30. The molecule has 1 saturated heterocycles. The summed E-state index contributed by atoms with van der Waals surface area (Å²) in [6.45, 7) is 11.1. The second-order valence-corrected chi connectivity index (χ2v) is 9.65. The second kappa shape index (κ2) is 8.67. The average Bonchev–Trinajstić information content (AvgIpc) is 3.53. The maximum atomic E-state index is 10.7. The highest BCUT2D eigenvalue weighted by Gasteiger charge is 2.49. The molecule has 3 aliphatic rings. The van der Waals surface area contributed by atoms with Gasteiger partial charge in [-0.25, -0.2) is 0 Å². The number of hydroxylamine groups is 2. The number of phenolic OH excluding ortho intramolecular Hbond substituents is 2. The van der Waals surface area contributed by atoms with Gasteiger partial charge < -0.3 is 19.8 Å². The van der Waals surface area contributed by atoms with Gasteiger partial charge >= 0.3 is 0 Å². The topological polar surface area (TPSA) is 65.4 Å². The van der Waals surface area contributed by atoms with E-state index in [0.29, 0.717) is 17.9 Å². The summed E-state index contributed by atoms with van der Waals surface area (Å²) in [6.07, 6.45) is 2.40. The molecule has 2 aromatic carbocycles. The molecule has 2 fully saturated rings. The second-order valence-electron chi connectivity index (χ2n) is 9.65. The minimum atomic E-state index is 0.0308. The quantitative estimate of drug-likeness (QED) is 0.666. The molecule has 1 saturated carbocycles. The molecular weight excluding hydrogens is 416 g/mol. The molecule has 2 heterocycles. The Morgan fingerprint density at radius 2 is 1.70 bits per heavy atom. The molecule has 5 rings (SSSR count). The van der Waals surface area contributed by atoms with Crippen molar-refractivity contribution < 1.29 is 19.8 Å². The molecular formula is C27H34N2O4.